The van der Waals surface area contributed by atoms with E-state index in [9.17, 15) is 19.5 Å². The van der Waals surface area contributed by atoms with Gasteiger partial charge in [0.05, 0.1) is 7.11 Å². The Bertz CT molecular complexity index is 1640. The smallest absolute Gasteiger partial charge is 0.326 e. The zero-order valence-electron chi connectivity index (χ0n) is 24.8. The molecule has 0 fully saturated rings. The predicted octanol–water partition coefficient (Wildman–Crippen LogP) is 4.45. The topological polar surface area (TPSA) is 173 Å². The number of hydrogen-bond acceptors (Lipinski definition) is 8. The van der Waals surface area contributed by atoms with Crippen LogP contribution in [0.2, 0.25) is 0 Å². The SMILES string of the molecule is COc1cc([C@@H](Nc2ccc(C(=N)N)cc2)C(=O)N[C@@H](Cc2ccc(OC(C)=O)cc2)C(=O)O)ccc1OCc1ccccc1. The average Bonchev–Trinajstić information content (AvgIpc) is 3.03. The van der Waals surface area contributed by atoms with Crippen molar-refractivity contribution >= 4 is 29.4 Å². The number of esters is 1. The quantitative estimate of drug-likeness (QED) is 0.0598. The van der Waals surface area contributed by atoms with Gasteiger partial charge in [-0.25, -0.2) is 4.79 Å². The Kier molecular flexibility index (Phi) is 10.7. The molecule has 0 heterocycles. The number of anilines is 1. The number of amidine groups is 1. The summed E-state index contributed by atoms with van der Waals surface area (Å²) in [5.41, 5.74) is 8.70. The molecule has 232 valence electrons. The molecule has 0 aliphatic rings. The maximum Gasteiger partial charge on any atom is 0.326 e. The van der Waals surface area contributed by atoms with E-state index in [1.165, 1.54) is 14.0 Å². The largest absolute Gasteiger partial charge is 0.493 e. The van der Waals surface area contributed by atoms with Crippen LogP contribution in [-0.2, 0) is 27.4 Å². The number of aliphatic carboxylic acids is 1. The molecule has 0 radical (unpaired) electrons. The highest BCUT2D eigenvalue weighted by Crippen LogP contribution is 2.32. The minimum atomic E-state index is -1.27. The number of benzene rings is 4. The van der Waals surface area contributed by atoms with E-state index in [0.29, 0.717) is 46.2 Å². The molecule has 4 aromatic rings. The summed E-state index contributed by atoms with van der Waals surface area (Å²) in [4.78, 5) is 37.2. The molecule has 0 aromatic heterocycles. The average molecular weight is 611 g/mol. The number of rotatable bonds is 14. The van der Waals surface area contributed by atoms with Gasteiger partial charge in [0.25, 0.3) is 0 Å². The number of methoxy groups -OCH3 is 1. The first-order chi connectivity index (χ1) is 21.6. The van der Waals surface area contributed by atoms with Crippen molar-refractivity contribution in [2.75, 3.05) is 12.4 Å². The lowest BCUT2D eigenvalue weighted by Crippen LogP contribution is -2.45. The first kappa shape index (κ1) is 32.1. The molecule has 0 saturated carbocycles. The maximum absolute atomic E-state index is 13.8. The maximum atomic E-state index is 13.8. The van der Waals surface area contributed by atoms with Crippen LogP contribution in [0.15, 0.2) is 97.1 Å². The lowest BCUT2D eigenvalue weighted by molar-refractivity contribution is -0.141. The van der Waals surface area contributed by atoms with Crippen molar-refractivity contribution in [3.8, 4) is 17.2 Å². The fourth-order valence-electron chi connectivity index (χ4n) is 4.48. The Morgan fingerprint density at radius 2 is 1.58 bits per heavy atom. The molecule has 0 bridgehead atoms. The lowest BCUT2D eigenvalue weighted by atomic mass is 10.0. The number of carboxylic acids is 1. The van der Waals surface area contributed by atoms with Crippen LogP contribution in [0, 0.1) is 5.41 Å². The van der Waals surface area contributed by atoms with Gasteiger partial charge >= 0.3 is 11.9 Å². The molecule has 2 atom stereocenters. The van der Waals surface area contributed by atoms with Gasteiger partial charge < -0.3 is 35.7 Å². The second kappa shape index (κ2) is 15.1. The van der Waals surface area contributed by atoms with E-state index in [0.717, 1.165) is 5.56 Å². The summed E-state index contributed by atoms with van der Waals surface area (Å²) in [5.74, 6) is -1.22. The summed E-state index contributed by atoms with van der Waals surface area (Å²) in [5, 5.41) is 23.4. The molecule has 45 heavy (non-hydrogen) atoms. The third kappa shape index (κ3) is 9.07. The van der Waals surface area contributed by atoms with E-state index in [1.54, 1.807) is 66.7 Å². The van der Waals surface area contributed by atoms with Crippen molar-refractivity contribution in [1.29, 1.82) is 5.41 Å². The minimum absolute atomic E-state index is 0.0168. The molecule has 0 aliphatic heterocycles. The summed E-state index contributed by atoms with van der Waals surface area (Å²) < 4.78 is 16.6. The Morgan fingerprint density at radius 1 is 0.889 bits per heavy atom. The van der Waals surface area contributed by atoms with Crippen molar-refractivity contribution < 1.29 is 33.7 Å². The van der Waals surface area contributed by atoms with Crippen LogP contribution in [0.3, 0.4) is 0 Å². The van der Waals surface area contributed by atoms with Gasteiger partial charge in [0.2, 0.25) is 5.91 Å². The molecule has 0 spiro atoms. The summed E-state index contributed by atoms with van der Waals surface area (Å²) in [7, 11) is 1.49. The number of carbonyl (C=O) groups excluding carboxylic acids is 2. The van der Waals surface area contributed by atoms with Crippen LogP contribution in [0.1, 0.15) is 35.2 Å². The molecule has 1 amide bonds. The number of nitrogens with one attached hydrogen (secondary N) is 3. The Labute approximate surface area is 260 Å². The predicted molar refractivity (Wildman–Crippen MR) is 169 cm³/mol. The number of nitrogen functional groups attached to an aromatic ring is 1. The fourth-order valence-corrected chi connectivity index (χ4v) is 4.48. The van der Waals surface area contributed by atoms with Gasteiger partial charge in [0.15, 0.2) is 11.5 Å². The number of ether oxygens (including phenoxy) is 3. The van der Waals surface area contributed by atoms with E-state index in [1.807, 2.05) is 30.3 Å². The van der Waals surface area contributed by atoms with Crippen LogP contribution in [0.4, 0.5) is 5.69 Å². The number of carboxylic acid groups (broad SMARTS) is 1. The number of nitrogens with two attached hydrogens (primary N) is 1. The van der Waals surface area contributed by atoms with Crippen molar-refractivity contribution in [2.45, 2.75) is 32.0 Å². The highest BCUT2D eigenvalue weighted by Gasteiger charge is 2.28. The van der Waals surface area contributed by atoms with Crippen LogP contribution < -0.4 is 30.6 Å². The molecular formula is C34H34N4O7. The zero-order chi connectivity index (χ0) is 32.3. The normalized spacial score (nSPS) is 11.9. The monoisotopic (exact) mass is 610 g/mol. The highest BCUT2D eigenvalue weighted by molar-refractivity contribution is 5.95. The summed E-state index contributed by atoms with van der Waals surface area (Å²) in [6.45, 7) is 1.59. The Morgan fingerprint density at radius 3 is 2.18 bits per heavy atom. The van der Waals surface area contributed by atoms with Crippen molar-refractivity contribution in [2.24, 2.45) is 5.73 Å². The van der Waals surface area contributed by atoms with Gasteiger partial charge in [-0.2, -0.15) is 0 Å². The van der Waals surface area contributed by atoms with Crippen LogP contribution >= 0.6 is 0 Å². The Hall–Kier alpha value is -5.84. The summed E-state index contributed by atoms with van der Waals surface area (Å²) in [6, 6.07) is 25.4. The van der Waals surface area contributed by atoms with Crippen molar-refractivity contribution in [3.63, 3.8) is 0 Å². The van der Waals surface area contributed by atoms with Gasteiger partial charge in [-0.05, 0) is 65.2 Å². The summed E-state index contributed by atoms with van der Waals surface area (Å²) >= 11 is 0. The zero-order valence-corrected chi connectivity index (χ0v) is 24.8. The molecule has 0 aliphatic carbocycles. The second-order valence-corrected chi connectivity index (χ2v) is 10.1. The van der Waals surface area contributed by atoms with E-state index in [2.05, 4.69) is 10.6 Å². The summed E-state index contributed by atoms with van der Waals surface area (Å²) in [6.07, 6.45) is -0.0168. The van der Waals surface area contributed by atoms with E-state index in [-0.39, 0.29) is 12.3 Å². The minimum Gasteiger partial charge on any atom is -0.493 e. The van der Waals surface area contributed by atoms with Crippen LogP contribution in [0.5, 0.6) is 17.2 Å². The van der Waals surface area contributed by atoms with Crippen LogP contribution in [0.25, 0.3) is 0 Å². The molecule has 11 nitrogen and oxygen atoms in total. The molecule has 4 aromatic carbocycles. The lowest BCUT2D eigenvalue weighted by Gasteiger charge is -2.24. The number of amides is 1. The first-order valence-electron chi connectivity index (χ1n) is 14.0. The van der Waals surface area contributed by atoms with E-state index in [4.69, 9.17) is 25.4 Å². The molecule has 11 heteroatoms. The third-order valence-electron chi connectivity index (χ3n) is 6.77. The molecule has 4 rings (SSSR count). The van der Waals surface area contributed by atoms with Crippen molar-refractivity contribution in [1.82, 2.24) is 5.32 Å². The number of carbonyl (C=O) groups is 3. The fraction of sp³-hybridized carbons (Fsp3) is 0.176. The van der Waals surface area contributed by atoms with Crippen molar-refractivity contribution in [3.05, 3.63) is 119 Å². The van der Waals surface area contributed by atoms with Crippen LogP contribution in [-0.4, -0.2) is 41.9 Å². The second-order valence-electron chi connectivity index (χ2n) is 10.1. The van der Waals surface area contributed by atoms with Gasteiger partial charge in [0.1, 0.15) is 30.3 Å². The van der Waals surface area contributed by atoms with E-state index < -0.39 is 29.9 Å². The van der Waals surface area contributed by atoms with Gasteiger partial charge in [-0.15, -0.1) is 0 Å². The number of hydrogen-bond donors (Lipinski definition) is 5. The van der Waals surface area contributed by atoms with Gasteiger partial charge in [-0.3, -0.25) is 15.0 Å². The van der Waals surface area contributed by atoms with Gasteiger partial charge in [0, 0.05) is 24.6 Å². The Balaban J connectivity index is 1.59. The highest BCUT2D eigenvalue weighted by atomic mass is 16.5. The molecule has 0 unspecified atom stereocenters. The standard InChI is InChI=1S/C34H34N4O7/c1-21(39)45-27-15-8-22(9-16-27)18-28(34(41)42)38-33(40)31(37-26-13-10-24(11-14-26)32(35)36)25-12-17-29(30(19-25)43-2)44-20-23-6-4-3-5-7-23/h3-17,19,28,31,37H,18,20H2,1-2H3,(H3,35,36)(H,38,40)(H,41,42)/t28-,31+/m0/s1. The molecule has 0 saturated heterocycles. The van der Waals surface area contributed by atoms with Gasteiger partial charge in [-0.1, -0.05) is 48.5 Å². The first-order valence-corrected chi connectivity index (χ1v) is 14.0. The molecule has 6 N–H and O–H groups in total. The van der Waals surface area contributed by atoms with E-state index >= 15 is 0 Å². The third-order valence-corrected chi connectivity index (χ3v) is 6.77. The molecular weight excluding hydrogens is 576 g/mol.